The zero-order valence-electron chi connectivity index (χ0n) is 11.7. The molecule has 0 spiro atoms. The van der Waals surface area contributed by atoms with Crippen molar-refractivity contribution in [2.45, 2.75) is 20.4 Å². The van der Waals surface area contributed by atoms with E-state index < -0.39 is 4.92 Å². The van der Waals surface area contributed by atoms with Gasteiger partial charge in [-0.15, -0.1) is 0 Å². The fourth-order valence-corrected chi connectivity index (χ4v) is 1.96. The molecule has 110 valence electrons. The number of carbonyl (C=O) groups is 1. The number of aryl methyl sites for hydroxylation is 2. The van der Waals surface area contributed by atoms with Crippen LogP contribution in [0.3, 0.4) is 0 Å². The second kappa shape index (κ2) is 7.08. The molecule has 1 aromatic carbocycles. The molecule has 0 bridgehead atoms. The van der Waals surface area contributed by atoms with E-state index in [0.29, 0.717) is 11.1 Å². The van der Waals surface area contributed by atoms with Crippen LogP contribution in [-0.4, -0.2) is 10.7 Å². The highest BCUT2D eigenvalue weighted by Gasteiger charge is 2.18. The Bertz CT molecular complexity index is 686. The lowest BCUT2D eigenvalue weighted by Gasteiger charge is -2.02. The lowest BCUT2D eigenvalue weighted by atomic mass is 10.1. The average molecular weight is 351 g/mol. The van der Waals surface area contributed by atoms with Crippen LogP contribution in [0.2, 0.25) is 0 Å². The third kappa shape index (κ3) is 3.95. The molecule has 0 atom stereocenters. The number of aromatic nitrogens is 1. The monoisotopic (exact) mass is 350 g/mol. The van der Waals surface area contributed by atoms with Crippen LogP contribution in [0.1, 0.15) is 21.6 Å². The molecule has 0 aliphatic heterocycles. The van der Waals surface area contributed by atoms with Crippen LogP contribution in [-0.2, 0) is 6.54 Å². The fraction of sp³-hybridized carbons (Fsp3) is 0.200. The molecule has 0 fully saturated rings. The number of hydrogen-bond donors (Lipinski definition) is 0. The fourth-order valence-electron chi connectivity index (χ4n) is 1.96. The number of carbonyl (C=O) groups excluding carboxylic acids is 1. The predicted molar refractivity (Wildman–Crippen MR) is 73.5 cm³/mol. The van der Waals surface area contributed by atoms with Crippen molar-refractivity contribution in [1.82, 2.24) is 0 Å². The Morgan fingerprint density at radius 2 is 1.95 bits per heavy atom. The Morgan fingerprint density at radius 3 is 2.57 bits per heavy atom. The highest BCUT2D eigenvalue weighted by atomic mass is 79.9. The summed E-state index contributed by atoms with van der Waals surface area (Å²) in [6.45, 7) is 3.74. The molecule has 0 aliphatic rings. The largest absolute Gasteiger partial charge is 1.00 e. The minimum absolute atomic E-state index is 0. The molecule has 2 rings (SSSR count). The number of halogens is 1. The first kappa shape index (κ1) is 17.0. The summed E-state index contributed by atoms with van der Waals surface area (Å²) < 4.78 is 1.81. The van der Waals surface area contributed by atoms with Gasteiger partial charge in [0, 0.05) is 36.2 Å². The topological polar surface area (TPSA) is 64.1 Å². The summed E-state index contributed by atoms with van der Waals surface area (Å²) in [6, 6.07) is 10.2. The molecule has 21 heavy (non-hydrogen) atoms. The van der Waals surface area contributed by atoms with E-state index in [4.69, 9.17) is 0 Å². The van der Waals surface area contributed by atoms with Gasteiger partial charge in [-0.2, -0.15) is 4.57 Å². The third-order valence-corrected chi connectivity index (χ3v) is 3.21. The first-order valence-corrected chi connectivity index (χ1v) is 6.22. The Balaban J connectivity index is 0.00000220. The summed E-state index contributed by atoms with van der Waals surface area (Å²) in [5.41, 5.74) is 1.85. The van der Waals surface area contributed by atoms with Crippen LogP contribution in [0.5, 0.6) is 0 Å². The Kier molecular flexibility index (Phi) is 5.72. The van der Waals surface area contributed by atoms with Gasteiger partial charge < -0.3 is 17.0 Å². The molecule has 0 unspecified atom stereocenters. The van der Waals surface area contributed by atoms with Crippen LogP contribution >= 0.6 is 0 Å². The number of nitro benzene ring substituents is 1. The third-order valence-electron chi connectivity index (χ3n) is 3.21. The first-order valence-electron chi connectivity index (χ1n) is 6.22. The van der Waals surface area contributed by atoms with Gasteiger partial charge in [-0.05, 0) is 6.92 Å². The lowest BCUT2D eigenvalue weighted by molar-refractivity contribution is -0.689. The molecule has 0 saturated carbocycles. The maximum atomic E-state index is 12.2. The van der Waals surface area contributed by atoms with E-state index in [1.165, 1.54) is 6.07 Å². The quantitative estimate of drug-likeness (QED) is 0.319. The van der Waals surface area contributed by atoms with Crippen molar-refractivity contribution in [3.8, 4) is 0 Å². The molecule has 0 N–H and O–H groups in total. The molecule has 0 aliphatic carbocycles. The summed E-state index contributed by atoms with van der Waals surface area (Å²) in [6.07, 6.45) is 1.82. The summed E-state index contributed by atoms with van der Waals surface area (Å²) in [5, 5.41) is 10.9. The van der Waals surface area contributed by atoms with Crippen LogP contribution in [0, 0.1) is 24.0 Å². The highest BCUT2D eigenvalue weighted by molar-refractivity contribution is 5.95. The first-order chi connectivity index (χ1) is 9.49. The average Bonchev–Trinajstić information content (AvgIpc) is 2.41. The van der Waals surface area contributed by atoms with Gasteiger partial charge in [0.15, 0.2) is 11.9 Å². The molecule has 0 amide bonds. The Labute approximate surface area is 133 Å². The zero-order chi connectivity index (χ0) is 14.7. The van der Waals surface area contributed by atoms with Gasteiger partial charge in [0.1, 0.15) is 0 Å². The van der Waals surface area contributed by atoms with Crippen LogP contribution in [0.4, 0.5) is 5.69 Å². The van der Waals surface area contributed by atoms with Crippen LogP contribution in [0.15, 0.2) is 42.6 Å². The molecule has 0 radical (unpaired) electrons. The van der Waals surface area contributed by atoms with Crippen molar-refractivity contribution >= 4 is 11.5 Å². The summed E-state index contributed by atoms with van der Waals surface area (Å²) in [7, 11) is 0. The number of nitro groups is 1. The maximum absolute atomic E-state index is 12.2. The van der Waals surface area contributed by atoms with Crippen LogP contribution < -0.4 is 21.5 Å². The van der Waals surface area contributed by atoms with E-state index in [9.17, 15) is 14.9 Å². The Morgan fingerprint density at radius 1 is 1.24 bits per heavy atom. The minimum Gasteiger partial charge on any atom is -1.00 e. The normalized spacial score (nSPS) is 9.81. The van der Waals surface area contributed by atoms with E-state index >= 15 is 0 Å². The number of pyridine rings is 1. The van der Waals surface area contributed by atoms with Crippen molar-refractivity contribution in [2.75, 3.05) is 0 Å². The van der Waals surface area contributed by atoms with Gasteiger partial charge in [0.2, 0.25) is 12.3 Å². The smallest absolute Gasteiger partial charge is 0.273 e. The maximum Gasteiger partial charge on any atom is 0.273 e. The number of benzene rings is 1. The van der Waals surface area contributed by atoms with E-state index in [0.717, 1.165) is 5.69 Å². The molecular formula is C15H15BrN2O3. The molecule has 0 saturated heterocycles. The Hall–Kier alpha value is -2.08. The van der Waals surface area contributed by atoms with Crippen molar-refractivity contribution in [1.29, 1.82) is 0 Å². The predicted octanol–water partition coefficient (Wildman–Crippen LogP) is -0.614. The van der Waals surface area contributed by atoms with Gasteiger partial charge in [0.25, 0.3) is 5.69 Å². The number of hydrogen-bond acceptors (Lipinski definition) is 3. The van der Waals surface area contributed by atoms with Gasteiger partial charge in [-0.25, -0.2) is 0 Å². The number of Topliss-reactive ketones (excluding diaryl/α,β-unsaturated/α-hetero) is 1. The van der Waals surface area contributed by atoms with E-state index in [2.05, 4.69) is 0 Å². The van der Waals surface area contributed by atoms with Crippen molar-refractivity contribution in [3.63, 3.8) is 0 Å². The van der Waals surface area contributed by atoms with Crippen molar-refractivity contribution in [3.05, 3.63) is 69.5 Å². The zero-order valence-corrected chi connectivity index (χ0v) is 13.3. The molecule has 6 heteroatoms. The molecule has 1 aromatic heterocycles. The second-order valence-corrected chi connectivity index (χ2v) is 4.65. The molecule has 1 heterocycles. The summed E-state index contributed by atoms with van der Waals surface area (Å²) in [4.78, 5) is 22.6. The minimum atomic E-state index is -0.465. The summed E-state index contributed by atoms with van der Waals surface area (Å²) >= 11 is 0. The molecular weight excluding hydrogens is 336 g/mol. The van der Waals surface area contributed by atoms with E-state index in [1.807, 2.05) is 35.9 Å². The van der Waals surface area contributed by atoms with Gasteiger partial charge in [0.05, 0.1) is 4.92 Å². The molecule has 2 aromatic rings. The highest BCUT2D eigenvalue weighted by Crippen LogP contribution is 2.19. The van der Waals surface area contributed by atoms with Gasteiger partial charge in [-0.1, -0.05) is 18.2 Å². The van der Waals surface area contributed by atoms with Crippen molar-refractivity contribution in [2.24, 2.45) is 0 Å². The van der Waals surface area contributed by atoms with E-state index in [-0.39, 0.29) is 35.0 Å². The SMILES string of the molecule is Cc1ccc(C(=O)C[n+]2ccccc2C)cc1[N+](=O)[O-].[Br-]. The van der Waals surface area contributed by atoms with Gasteiger partial charge >= 0.3 is 0 Å². The summed E-state index contributed by atoms with van der Waals surface area (Å²) in [5.74, 6) is -0.146. The lowest BCUT2D eigenvalue weighted by Crippen LogP contribution is -3.00. The number of nitrogens with zero attached hydrogens (tertiary/aromatic N) is 2. The molecule has 5 nitrogen and oxygen atoms in total. The van der Waals surface area contributed by atoms with E-state index in [1.54, 1.807) is 19.1 Å². The van der Waals surface area contributed by atoms with Crippen LogP contribution in [0.25, 0.3) is 0 Å². The van der Waals surface area contributed by atoms with Gasteiger partial charge in [-0.3, -0.25) is 14.9 Å². The number of rotatable bonds is 4. The number of ketones is 1. The second-order valence-electron chi connectivity index (χ2n) is 4.65. The standard InChI is InChI=1S/C15H15N2O3.BrH/c1-11-6-7-13(9-14(11)17(19)20)15(18)10-16-8-4-3-5-12(16)2;/h3-9H,10H2,1-2H3;1H/q+1;/p-1. The van der Waals surface area contributed by atoms with Crippen molar-refractivity contribution < 1.29 is 31.3 Å².